The first kappa shape index (κ1) is 26.2. The second-order valence-electron chi connectivity index (χ2n) is 8.32. The first-order chi connectivity index (χ1) is 16.4. The summed E-state index contributed by atoms with van der Waals surface area (Å²) < 4.78 is 11.2. The number of carbonyl (C=O) groups excluding carboxylic acids is 2. The van der Waals surface area contributed by atoms with E-state index >= 15 is 0 Å². The van der Waals surface area contributed by atoms with Crippen LogP contribution in [0.5, 0.6) is 11.5 Å². The number of rotatable bonds is 11. The van der Waals surface area contributed by atoms with Gasteiger partial charge in [0.1, 0.15) is 19.3 Å². The van der Waals surface area contributed by atoms with Crippen LogP contribution in [-0.4, -0.2) is 42.5 Å². The molecule has 3 rings (SSSR count). The number of aryl methyl sites for hydroxylation is 1. The maximum absolute atomic E-state index is 13.4. The van der Waals surface area contributed by atoms with Crippen molar-refractivity contribution in [2.24, 2.45) is 0 Å². The molecule has 1 atom stereocenters. The molecule has 0 saturated heterocycles. The van der Waals surface area contributed by atoms with E-state index in [0.29, 0.717) is 48.4 Å². The van der Waals surface area contributed by atoms with Crippen molar-refractivity contribution < 1.29 is 19.1 Å². The summed E-state index contributed by atoms with van der Waals surface area (Å²) in [7, 11) is 0. The van der Waals surface area contributed by atoms with Gasteiger partial charge in [-0.05, 0) is 54.7 Å². The molecule has 8 heteroatoms. The van der Waals surface area contributed by atoms with Crippen molar-refractivity contribution in [1.82, 2.24) is 10.2 Å². The molecule has 184 valence electrons. The lowest BCUT2D eigenvalue weighted by molar-refractivity contribution is -0.141. The Morgan fingerprint density at radius 3 is 2.44 bits per heavy atom. The summed E-state index contributed by atoms with van der Waals surface area (Å²) in [5.41, 5.74) is 1.80. The highest BCUT2D eigenvalue weighted by Crippen LogP contribution is 2.31. The fourth-order valence-electron chi connectivity index (χ4n) is 3.90. The van der Waals surface area contributed by atoms with Crippen LogP contribution in [0.2, 0.25) is 10.0 Å². The Balaban J connectivity index is 1.75. The zero-order chi connectivity index (χ0) is 24.5. The van der Waals surface area contributed by atoms with Crippen LogP contribution in [0.3, 0.4) is 0 Å². The minimum atomic E-state index is -0.570. The molecular weight excluding hydrogens is 475 g/mol. The highest BCUT2D eigenvalue weighted by Gasteiger charge is 2.28. The molecule has 0 saturated carbocycles. The van der Waals surface area contributed by atoms with Gasteiger partial charge in [-0.2, -0.15) is 0 Å². The van der Waals surface area contributed by atoms with Crippen LogP contribution < -0.4 is 14.8 Å². The Labute approximate surface area is 211 Å². The number of carbonyl (C=O) groups is 2. The quantitative estimate of drug-likeness (QED) is 0.413. The lowest BCUT2D eigenvalue weighted by Gasteiger charge is -2.31. The Hall–Kier alpha value is -2.44. The van der Waals surface area contributed by atoms with Crippen molar-refractivity contribution in [2.75, 3.05) is 19.8 Å². The van der Waals surface area contributed by atoms with E-state index in [0.717, 1.165) is 29.7 Å². The molecule has 6 nitrogen and oxygen atoms in total. The van der Waals surface area contributed by atoms with Gasteiger partial charge in [0.2, 0.25) is 11.8 Å². The van der Waals surface area contributed by atoms with Gasteiger partial charge in [0.05, 0.1) is 10.0 Å². The third-order valence-electron chi connectivity index (χ3n) is 5.79. The molecule has 0 fully saturated rings. The zero-order valence-electron chi connectivity index (χ0n) is 19.7. The molecular formula is C26H32Cl2N2O4. The van der Waals surface area contributed by atoms with E-state index in [9.17, 15) is 9.59 Å². The van der Waals surface area contributed by atoms with E-state index in [1.807, 2.05) is 31.2 Å². The number of amides is 2. The Morgan fingerprint density at radius 2 is 1.74 bits per heavy atom. The summed E-state index contributed by atoms with van der Waals surface area (Å²) >= 11 is 12.3. The minimum absolute atomic E-state index is 0.0987. The highest BCUT2D eigenvalue weighted by molar-refractivity contribution is 6.42. The van der Waals surface area contributed by atoms with Crippen molar-refractivity contribution in [3.63, 3.8) is 0 Å². The number of ether oxygens (including phenoxy) is 2. The van der Waals surface area contributed by atoms with Crippen LogP contribution in [-0.2, 0) is 22.6 Å². The van der Waals surface area contributed by atoms with E-state index in [1.165, 1.54) is 0 Å². The predicted octanol–water partition coefficient (Wildman–Crippen LogP) is 5.42. The number of hydrogen-bond donors (Lipinski definition) is 1. The van der Waals surface area contributed by atoms with Gasteiger partial charge in [0, 0.05) is 19.5 Å². The Kier molecular flexibility index (Phi) is 9.90. The molecule has 0 aromatic heterocycles. The van der Waals surface area contributed by atoms with Crippen molar-refractivity contribution in [2.45, 2.75) is 58.5 Å². The van der Waals surface area contributed by atoms with Crippen molar-refractivity contribution >= 4 is 35.0 Å². The number of benzene rings is 2. The fourth-order valence-corrected chi connectivity index (χ4v) is 4.22. The van der Waals surface area contributed by atoms with Crippen LogP contribution in [0, 0.1) is 0 Å². The molecule has 0 radical (unpaired) electrons. The van der Waals surface area contributed by atoms with E-state index < -0.39 is 6.04 Å². The average molecular weight is 507 g/mol. The standard InChI is InChI=1S/C26H32Cl2N2O4/c1-3-5-12-29-26(32)22(4-2)30(17-19-6-9-20(27)21(28)15-19)25(31)11-8-18-7-10-23-24(16-18)34-14-13-33-23/h6-7,9-10,15-16,22H,3-5,8,11-14,17H2,1-2H3,(H,29,32)/t22-/m1/s1. The number of hydrogen-bond acceptors (Lipinski definition) is 4. The molecule has 1 aliphatic heterocycles. The largest absolute Gasteiger partial charge is 0.486 e. The fraction of sp³-hybridized carbons (Fsp3) is 0.462. The van der Waals surface area contributed by atoms with Crippen molar-refractivity contribution in [1.29, 1.82) is 0 Å². The van der Waals surface area contributed by atoms with Crippen LogP contribution in [0.25, 0.3) is 0 Å². The first-order valence-electron chi connectivity index (χ1n) is 11.8. The number of nitrogens with one attached hydrogen (secondary N) is 1. The van der Waals surface area contributed by atoms with Gasteiger partial charge in [-0.25, -0.2) is 0 Å². The van der Waals surface area contributed by atoms with Crippen LogP contribution in [0.1, 0.15) is 50.7 Å². The number of fused-ring (bicyclic) bond motifs is 1. The molecule has 0 spiro atoms. The second kappa shape index (κ2) is 12.9. The van der Waals surface area contributed by atoms with Gasteiger partial charge >= 0.3 is 0 Å². The molecule has 0 aliphatic carbocycles. The molecule has 2 aromatic carbocycles. The van der Waals surface area contributed by atoms with Crippen molar-refractivity contribution in [3.05, 3.63) is 57.6 Å². The first-order valence-corrected chi connectivity index (χ1v) is 12.6. The maximum Gasteiger partial charge on any atom is 0.242 e. The normalized spacial score (nSPS) is 13.3. The molecule has 0 bridgehead atoms. The maximum atomic E-state index is 13.4. The molecule has 34 heavy (non-hydrogen) atoms. The average Bonchev–Trinajstić information content (AvgIpc) is 2.84. The van der Waals surface area contributed by atoms with Crippen molar-refractivity contribution in [3.8, 4) is 11.5 Å². The monoisotopic (exact) mass is 506 g/mol. The number of halogens is 2. The minimum Gasteiger partial charge on any atom is -0.486 e. The zero-order valence-corrected chi connectivity index (χ0v) is 21.3. The SMILES string of the molecule is CCCCNC(=O)[C@@H](CC)N(Cc1ccc(Cl)c(Cl)c1)C(=O)CCc1ccc2c(c1)OCCO2. The number of unbranched alkanes of at least 4 members (excludes halogenated alkanes) is 1. The van der Waals surface area contributed by atoms with E-state index in [4.69, 9.17) is 32.7 Å². The highest BCUT2D eigenvalue weighted by atomic mass is 35.5. The van der Waals surface area contributed by atoms with Crippen LogP contribution >= 0.6 is 23.2 Å². The Morgan fingerprint density at radius 1 is 1.00 bits per heavy atom. The van der Waals surface area contributed by atoms with E-state index in [2.05, 4.69) is 12.2 Å². The third kappa shape index (κ3) is 7.03. The van der Waals surface area contributed by atoms with Crippen LogP contribution in [0.4, 0.5) is 0 Å². The van der Waals surface area contributed by atoms with Gasteiger partial charge in [-0.15, -0.1) is 0 Å². The number of nitrogens with zero attached hydrogens (tertiary/aromatic N) is 1. The topological polar surface area (TPSA) is 67.9 Å². The summed E-state index contributed by atoms with van der Waals surface area (Å²) in [6.07, 6.45) is 3.18. The summed E-state index contributed by atoms with van der Waals surface area (Å²) in [5, 5.41) is 3.84. The van der Waals surface area contributed by atoms with Crippen LogP contribution in [0.15, 0.2) is 36.4 Å². The Bertz CT molecular complexity index is 999. The van der Waals surface area contributed by atoms with Gasteiger partial charge < -0.3 is 19.7 Å². The second-order valence-corrected chi connectivity index (χ2v) is 9.13. The summed E-state index contributed by atoms with van der Waals surface area (Å²) in [6.45, 7) is 5.90. The molecule has 0 unspecified atom stereocenters. The molecule has 1 heterocycles. The predicted molar refractivity (Wildman–Crippen MR) is 135 cm³/mol. The summed E-state index contributed by atoms with van der Waals surface area (Å²) in [6, 6.07) is 10.4. The lowest BCUT2D eigenvalue weighted by atomic mass is 10.1. The molecule has 1 N–H and O–H groups in total. The lowest BCUT2D eigenvalue weighted by Crippen LogP contribution is -2.49. The molecule has 2 amide bonds. The summed E-state index contributed by atoms with van der Waals surface area (Å²) in [5.74, 6) is 1.19. The van der Waals surface area contributed by atoms with Gasteiger partial charge in [0.25, 0.3) is 0 Å². The molecule has 2 aromatic rings. The van der Waals surface area contributed by atoms with Gasteiger partial charge in [-0.1, -0.05) is 55.6 Å². The van der Waals surface area contributed by atoms with Gasteiger partial charge in [-0.3, -0.25) is 9.59 Å². The van der Waals surface area contributed by atoms with Gasteiger partial charge in [0.15, 0.2) is 11.5 Å². The molecule has 1 aliphatic rings. The third-order valence-corrected chi connectivity index (χ3v) is 6.53. The smallest absolute Gasteiger partial charge is 0.242 e. The summed E-state index contributed by atoms with van der Waals surface area (Å²) in [4.78, 5) is 28.0. The van der Waals surface area contributed by atoms with E-state index in [-0.39, 0.29) is 24.8 Å². The van der Waals surface area contributed by atoms with E-state index in [1.54, 1.807) is 17.0 Å².